The van der Waals surface area contributed by atoms with Gasteiger partial charge in [0, 0.05) is 47.6 Å². The number of amides is 2. The van der Waals surface area contributed by atoms with Crippen LogP contribution in [0.1, 0.15) is 24.4 Å². The Kier molecular flexibility index (Phi) is 7.94. The van der Waals surface area contributed by atoms with Gasteiger partial charge in [-0.2, -0.15) is 0 Å². The number of aliphatic hydroxyl groups excluding tert-OH is 1. The third kappa shape index (κ3) is 6.17. The molecule has 1 fully saturated rings. The molecule has 0 spiro atoms. The monoisotopic (exact) mass is 533 g/mol. The van der Waals surface area contributed by atoms with E-state index in [1.54, 1.807) is 18.2 Å². The average Bonchev–Trinajstić information content (AvgIpc) is 2.85. The minimum absolute atomic E-state index is 0.0155. The van der Waals surface area contributed by atoms with Gasteiger partial charge in [0.05, 0.1) is 6.61 Å². The van der Waals surface area contributed by atoms with E-state index in [-0.39, 0.29) is 22.2 Å². The van der Waals surface area contributed by atoms with Crippen molar-refractivity contribution in [3.63, 3.8) is 0 Å². The van der Waals surface area contributed by atoms with E-state index in [4.69, 9.17) is 11.6 Å². The molecule has 1 aliphatic carbocycles. The van der Waals surface area contributed by atoms with Gasteiger partial charge in [0.1, 0.15) is 17.9 Å². The van der Waals surface area contributed by atoms with Gasteiger partial charge < -0.3 is 15.7 Å². The number of hydrogen-bond acceptors (Lipinski definition) is 6. The highest BCUT2D eigenvalue weighted by molar-refractivity contribution is 6.31. The van der Waals surface area contributed by atoms with Crippen molar-refractivity contribution >= 4 is 35.1 Å². The zero-order chi connectivity index (χ0) is 26.6. The number of halogens is 4. The van der Waals surface area contributed by atoms with Gasteiger partial charge in [-0.25, -0.2) is 23.1 Å². The summed E-state index contributed by atoms with van der Waals surface area (Å²) in [6, 6.07) is 9.08. The van der Waals surface area contributed by atoms with Gasteiger partial charge in [-0.1, -0.05) is 35.9 Å². The zero-order valence-electron chi connectivity index (χ0n) is 19.3. The number of carbonyl (C=O) groups is 2. The largest absolute Gasteiger partial charge is 0.394 e. The molecule has 0 radical (unpaired) electrons. The lowest BCUT2D eigenvalue weighted by molar-refractivity contribution is -0.133. The summed E-state index contributed by atoms with van der Waals surface area (Å²) in [5.41, 5.74) is 0.163. The number of benzene rings is 2. The molecule has 12 heteroatoms. The van der Waals surface area contributed by atoms with Crippen LogP contribution < -0.4 is 15.5 Å². The van der Waals surface area contributed by atoms with Crippen LogP contribution in [0.25, 0.3) is 0 Å². The standard InChI is InChI=1S/C25H23ClF3N5O3/c26-19-8-2-1-7-18(19)21(22(36)32-16-12-25(28,29)13-16)34(17-6-3-5-15(27)11-17)23(37)20(14-35)33-24-30-9-4-10-31-24/h1-11,16,20-21,35H,12-14H2,(H,32,36)(H,30,31,33). The van der Waals surface area contributed by atoms with Gasteiger partial charge in [0.25, 0.3) is 11.8 Å². The molecule has 8 nitrogen and oxygen atoms in total. The Bertz CT molecular complexity index is 1260. The number of nitrogens with zero attached hydrogens (tertiary/aromatic N) is 3. The molecule has 2 unspecified atom stereocenters. The number of rotatable bonds is 9. The smallest absolute Gasteiger partial charge is 0.252 e. The van der Waals surface area contributed by atoms with Crippen molar-refractivity contribution in [2.24, 2.45) is 0 Å². The highest BCUT2D eigenvalue weighted by Crippen LogP contribution is 2.39. The first-order valence-corrected chi connectivity index (χ1v) is 11.7. The predicted molar refractivity (Wildman–Crippen MR) is 131 cm³/mol. The van der Waals surface area contributed by atoms with E-state index in [2.05, 4.69) is 20.6 Å². The Labute approximate surface area is 215 Å². The Morgan fingerprint density at radius 1 is 1.11 bits per heavy atom. The topological polar surface area (TPSA) is 107 Å². The van der Waals surface area contributed by atoms with E-state index in [1.165, 1.54) is 36.7 Å². The number of nitrogens with one attached hydrogen (secondary N) is 2. The number of alkyl halides is 2. The van der Waals surface area contributed by atoms with Crippen LogP contribution in [0.15, 0.2) is 67.0 Å². The van der Waals surface area contributed by atoms with Crippen LogP contribution in [0, 0.1) is 5.82 Å². The van der Waals surface area contributed by atoms with E-state index >= 15 is 0 Å². The third-order valence-corrected chi connectivity index (χ3v) is 6.16. The highest BCUT2D eigenvalue weighted by Gasteiger charge is 2.47. The molecule has 0 aliphatic heterocycles. The van der Waals surface area contributed by atoms with Gasteiger partial charge in [0.2, 0.25) is 11.9 Å². The van der Waals surface area contributed by atoms with Crippen molar-refractivity contribution in [3.8, 4) is 0 Å². The van der Waals surface area contributed by atoms with Crippen LogP contribution in [-0.2, 0) is 9.59 Å². The molecule has 4 rings (SSSR count). The minimum Gasteiger partial charge on any atom is -0.394 e. The van der Waals surface area contributed by atoms with E-state index in [0.717, 1.165) is 17.0 Å². The van der Waals surface area contributed by atoms with Crippen molar-refractivity contribution < 1.29 is 27.9 Å². The summed E-state index contributed by atoms with van der Waals surface area (Å²) in [5, 5.41) is 15.4. The van der Waals surface area contributed by atoms with Gasteiger partial charge in [-0.3, -0.25) is 14.5 Å². The van der Waals surface area contributed by atoms with Gasteiger partial charge >= 0.3 is 0 Å². The van der Waals surface area contributed by atoms with E-state index in [9.17, 15) is 27.9 Å². The molecule has 37 heavy (non-hydrogen) atoms. The first-order valence-electron chi connectivity index (χ1n) is 11.3. The summed E-state index contributed by atoms with van der Waals surface area (Å²) in [4.78, 5) is 36.4. The Morgan fingerprint density at radius 2 is 1.81 bits per heavy atom. The number of aromatic nitrogens is 2. The Balaban J connectivity index is 1.77. The number of anilines is 2. The lowest BCUT2D eigenvalue weighted by atomic mass is 9.87. The molecule has 2 amide bonds. The fourth-order valence-electron chi connectivity index (χ4n) is 4.05. The molecular weight excluding hydrogens is 511 g/mol. The summed E-state index contributed by atoms with van der Waals surface area (Å²) in [7, 11) is 0. The van der Waals surface area contributed by atoms with Crippen LogP contribution in [0.4, 0.5) is 24.8 Å². The second-order valence-corrected chi connectivity index (χ2v) is 8.94. The van der Waals surface area contributed by atoms with Crippen LogP contribution in [0.5, 0.6) is 0 Å². The zero-order valence-corrected chi connectivity index (χ0v) is 20.1. The van der Waals surface area contributed by atoms with Gasteiger partial charge in [-0.15, -0.1) is 0 Å². The van der Waals surface area contributed by atoms with Crippen molar-refractivity contribution in [3.05, 3.63) is 83.4 Å². The number of aliphatic hydroxyl groups is 1. The van der Waals surface area contributed by atoms with Gasteiger partial charge in [-0.05, 0) is 30.3 Å². The molecule has 3 aromatic rings. The van der Waals surface area contributed by atoms with E-state index in [1.807, 2.05) is 0 Å². The van der Waals surface area contributed by atoms with E-state index in [0.29, 0.717) is 0 Å². The summed E-state index contributed by atoms with van der Waals surface area (Å²) in [5.74, 6) is -5.17. The fraction of sp³-hybridized carbons (Fsp3) is 0.280. The number of carbonyl (C=O) groups excluding carboxylic acids is 2. The third-order valence-electron chi connectivity index (χ3n) is 5.82. The Hall–Kier alpha value is -3.70. The van der Waals surface area contributed by atoms with Crippen LogP contribution in [0.3, 0.4) is 0 Å². The molecule has 2 aromatic carbocycles. The quantitative estimate of drug-likeness (QED) is 0.387. The molecule has 2 atom stereocenters. The maximum absolute atomic E-state index is 14.3. The van der Waals surface area contributed by atoms with Gasteiger partial charge in [0.15, 0.2) is 0 Å². The van der Waals surface area contributed by atoms with Crippen LogP contribution in [0.2, 0.25) is 5.02 Å². The van der Waals surface area contributed by atoms with Crippen molar-refractivity contribution in [2.75, 3.05) is 16.8 Å². The maximum Gasteiger partial charge on any atom is 0.252 e. The molecule has 1 aromatic heterocycles. The second-order valence-electron chi connectivity index (χ2n) is 8.53. The normalized spacial score (nSPS) is 16.2. The molecule has 1 aliphatic rings. The molecule has 1 saturated carbocycles. The molecule has 194 valence electrons. The lowest BCUT2D eigenvalue weighted by Gasteiger charge is -2.39. The molecule has 0 saturated heterocycles. The number of hydrogen-bond donors (Lipinski definition) is 3. The predicted octanol–water partition coefficient (Wildman–Crippen LogP) is 3.73. The minimum atomic E-state index is -2.89. The van der Waals surface area contributed by atoms with Crippen molar-refractivity contribution in [2.45, 2.75) is 36.9 Å². The molecular formula is C25H23ClF3N5O3. The van der Waals surface area contributed by atoms with Crippen LogP contribution in [-0.4, -0.2) is 51.5 Å². The maximum atomic E-state index is 14.3. The molecule has 1 heterocycles. The fourth-order valence-corrected chi connectivity index (χ4v) is 4.29. The van der Waals surface area contributed by atoms with Crippen molar-refractivity contribution in [1.29, 1.82) is 0 Å². The summed E-state index contributed by atoms with van der Waals surface area (Å²) in [6.45, 7) is -0.728. The molecule has 0 bridgehead atoms. The summed E-state index contributed by atoms with van der Waals surface area (Å²) >= 11 is 6.41. The van der Waals surface area contributed by atoms with Crippen molar-refractivity contribution in [1.82, 2.24) is 15.3 Å². The second kappa shape index (κ2) is 11.1. The molecule has 3 N–H and O–H groups in total. The van der Waals surface area contributed by atoms with Crippen LogP contribution >= 0.6 is 11.6 Å². The first-order chi connectivity index (χ1) is 17.7. The first kappa shape index (κ1) is 26.4. The Morgan fingerprint density at radius 3 is 2.43 bits per heavy atom. The highest BCUT2D eigenvalue weighted by atomic mass is 35.5. The summed E-state index contributed by atoms with van der Waals surface area (Å²) in [6.07, 6.45) is 1.75. The average molecular weight is 534 g/mol. The van der Waals surface area contributed by atoms with E-state index < -0.39 is 61.1 Å². The summed E-state index contributed by atoms with van der Waals surface area (Å²) < 4.78 is 41.2. The SMILES string of the molecule is O=C(NC1CC(F)(F)C1)C(c1ccccc1Cl)N(C(=O)C(CO)Nc1ncccn1)c1cccc(F)c1. The lowest BCUT2D eigenvalue weighted by Crippen LogP contribution is -2.55.